The minimum absolute atomic E-state index is 0.00219. The molecule has 0 radical (unpaired) electrons. The van der Waals surface area contributed by atoms with Crippen molar-refractivity contribution in [3.63, 3.8) is 0 Å². The van der Waals surface area contributed by atoms with Crippen molar-refractivity contribution in [1.29, 1.82) is 0 Å². The van der Waals surface area contributed by atoms with E-state index in [1.807, 2.05) is 24.3 Å². The van der Waals surface area contributed by atoms with Gasteiger partial charge in [0.15, 0.2) is 0 Å². The van der Waals surface area contributed by atoms with Gasteiger partial charge in [0.05, 0.1) is 6.61 Å². The van der Waals surface area contributed by atoms with Gasteiger partial charge in [-0.15, -0.1) is 0 Å². The smallest absolute Gasteiger partial charge is 0.248 e. The van der Waals surface area contributed by atoms with Gasteiger partial charge in [-0.2, -0.15) is 0 Å². The van der Waals surface area contributed by atoms with Crippen LogP contribution in [0.15, 0.2) is 24.3 Å². The summed E-state index contributed by atoms with van der Waals surface area (Å²) in [7, 11) is 0. The average Bonchev–Trinajstić information content (AvgIpc) is 2.44. The van der Waals surface area contributed by atoms with E-state index in [9.17, 15) is 8.78 Å². The van der Waals surface area contributed by atoms with Gasteiger partial charge < -0.3 is 10.1 Å². The molecule has 1 aliphatic rings. The molecule has 2 rings (SSSR count). The van der Waals surface area contributed by atoms with Gasteiger partial charge in [0.1, 0.15) is 5.75 Å². The standard InChI is InChI=1S/C17H25F2NO/c1-13(2)12-21-16-5-3-4-14(10-16)11-20-15-6-8-17(18,19)9-7-15/h3-5,10,13,15,20H,6-9,11-12H2,1-2H3. The summed E-state index contributed by atoms with van der Waals surface area (Å²) < 4.78 is 31.9. The highest BCUT2D eigenvalue weighted by atomic mass is 19.3. The molecule has 0 saturated heterocycles. The molecule has 0 amide bonds. The number of nitrogens with one attached hydrogen (secondary N) is 1. The summed E-state index contributed by atoms with van der Waals surface area (Å²) in [6.45, 7) is 5.64. The van der Waals surface area contributed by atoms with E-state index in [4.69, 9.17) is 4.74 Å². The fourth-order valence-corrected chi connectivity index (χ4v) is 2.51. The maximum absolute atomic E-state index is 13.1. The van der Waals surface area contributed by atoms with Crippen LogP contribution in [0, 0.1) is 5.92 Å². The van der Waals surface area contributed by atoms with Crippen molar-refractivity contribution in [2.75, 3.05) is 6.61 Å². The van der Waals surface area contributed by atoms with Crippen molar-refractivity contribution < 1.29 is 13.5 Å². The van der Waals surface area contributed by atoms with Crippen molar-refractivity contribution in [3.05, 3.63) is 29.8 Å². The van der Waals surface area contributed by atoms with Crippen LogP contribution in [-0.2, 0) is 6.54 Å². The van der Waals surface area contributed by atoms with Crippen LogP contribution in [0.4, 0.5) is 8.78 Å². The average molecular weight is 297 g/mol. The molecule has 0 bridgehead atoms. The second kappa shape index (κ2) is 7.21. The third kappa shape index (κ3) is 5.62. The first-order chi connectivity index (χ1) is 9.94. The Bertz CT molecular complexity index is 438. The van der Waals surface area contributed by atoms with E-state index < -0.39 is 5.92 Å². The Balaban J connectivity index is 1.79. The van der Waals surface area contributed by atoms with E-state index in [0.717, 1.165) is 11.3 Å². The minimum atomic E-state index is -2.46. The largest absolute Gasteiger partial charge is 0.493 e. The summed E-state index contributed by atoms with van der Waals surface area (Å²) in [4.78, 5) is 0. The van der Waals surface area contributed by atoms with Crippen LogP contribution in [0.25, 0.3) is 0 Å². The summed E-state index contributed by atoms with van der Waals surface area (Å²) >= 11 is 0. The molecule has 0 spiro atoms. The van der Waals surface area contributed by atoms with Gasteiger partial charge in [-0.05, 0) is 36.5 Å². The van der Waals surface area contributed by atoms with Gasteiger partial charge in [-0.25, -0.2) is 8.78 Å². The Labute approximate surface area is 125 Å². The lowest BCUT2D eigenvalue weighted by Crippen LogP contribution is -2.36. The number of benzene rings is 1. The van der Waals surface area contributed by atoms with Crippen molar-refractivity contribution in [2.24, 2.45) is 5.92 Å². The van der Waals surface area contributed by atoms with E-state index in [-0.39, 0.29) is 18.9 Å². The minimum Gasteiger partial charge on any atom is -0.493 e. The van der Waals surface area contributed by atoms with E-state index in [2.05, 4.69) is 19.2 Å². The summed E-state index contributed by atoms with van der Waals surface area (Å²) in [5.41, 5.74) is 1.13. The zero-order chi connectivity index (χ0) is 15.3. The summed E-state index contributed by atoms with van der Waals surface area (Å²) in [6.07, 6.45) is 1.11. The number of ether oxygens (including phenoxy) is 1. The number of hydrogen-bond donors (Lipinski definition) is 1. The molecule has 4 heteroatoms. The normalized spacial score (nSPS) is 18.9. The van der Waals surface area contributed by atoms with E-state index >= 15 is 0 Å². The molecule has 1 saturated carbocycles. The van der Waals surface area contributed by atoms with Crippen molar-refractivity contribution in [3.8, 4) is 5.75 Å². The van der Waals surface area contributed by atoms with Gasteiger partial charge in [-0.1, -0.05) is 26.0 Å². The molecule has 0 atom stereocenters. The summed E-state index contributed by atoms with van der Waals surface area (Å²) in [6, 6.07) is 8.18. The number of halogens is 2. The van der Waals surface area contributed by atoms with Gasteiger partial charge in [-0.3, -0.25) is 0 Å². The highest BCUT2D eigenvalue weighted by molar-refractivity contribution is 5.28. The third-order valence-electron chi connectivity index (χ3n) is 3.79. The third-order valence-corrected chi connectivity index (χ3v) is 3.79. The Morgan fingerprint density at radius 3 is 2.67 bits per heavy atom. The number of alkyl halides is 2. The molecule has 1 fully saturated rings. The molecule has 0 aliphatic heterocycles. The fraction of sp³-hybridized carbons (Fsp3) is 0.647. The zero-order valence-corrected chi connectivity index (χ0v) is 12.9. The Morgan fingerprint density at radius 1 is 1.29 bits per heavy atom. The number of hydrogen-bond acceptors (Lipinski definition) is 2. The monoisotopic (exact) mass is 297 g/mol. The highest BCUT2D eigenvalue weighted by Gasteiger charge is 2.34. The van der Waals surface area contributed by atoms with Crippen LogP contribution in [0.5, 0.6) is 5.75 Å². The Morgan fingerprint density at radius 2 is 2.00 bits per heavy atom. The van der Waals surface area contributed by atoms with Gasteiger partial charge in [0.25, 0.3) is 0 Å². The molecule has 1 aromatic carbocycles. The summed E-state index contributed by atoms with van der Waals surface area (Å²) in [5.74, 6) is -1.09. The topological polar surface area (TPSA) is 21.3 Å². The van der Waals surface area contributed by atoms with Crippen molar-refractivity contribution in [1.82, 2.24) is 5.32 Å². The predicted molar refractivity (Wildman–Crippen MR) is 80.8 cm³/mol. The van der Waals surface area contributed by atoms with E-state index in [0.29, 0.717) is 31.9 Å². The van der Waals surface area contributed by atoms with Crippen LogP contribution >= 0.6 is 0 Å². The lowest BCUT2D eigenvalue weighted by atomic mass is 9.92. The number of rotatable bonds is 6. The van der Waals surface area contributed by atoms with E-state index in [1.54, 1.807) is 0 Å². The first-order valence-corrected chi connectivity index (χ1v) is 7.77. The highest BCUT2D eigenvalue weighted by Crippen LogP contribution is 2.33. The van der Waals surface area contributed by atoms with Crippen LogP contribution in [0.1, 0.15) is 45.1 Å². The van der Waals surface area contributed by atoms with E-state index in [1.165, 1.54) is 0 Å². The van der Waals surface area contributed by atoms with Crippen LogP contribution in [0.2, 0.25) is 0 Å². The second-order valence-electron chi connectivity index (χ2n) is 6.36. The molecule has 118 valence electrons. The van der Waals surface area contributed by atoms with Gasteiger partial charge in [0, 0.05) is 25.4 Å². The van der Waals surface area contributed by atoms with Crippen molar-refractivity contribution in [2.45, 2.75) is 58.0 Å². The lowest BCUT2D eigenvalue weighted by Gasteiger charge is -2.29. The molecule has 2 nitrogen and oxygen atoms in total. The lowest BCUT2D eigenvalue weighted by molar-refractivity contribution is -0.0405. The quantitative estimate of drug-likeness (QED) is 0.841. The predicted octanol–water partition coefficient (Wildman–Crippen LogP) is 4.39. The molecular formula is C17H25F2NO. The Kier molecular flexibility index (Phi) is 5.57. The molecule has 0 unspecified atom stereocenters. The van der Waals surface area contributed by atoms with Crippen LogP contribution in [0.3, 0.4) is 0 Å². The fourth-order valence-electron chi connectivity index (χ4n) is 2.51. The maximum atomic E-state index is 13.1. The summed E-state index contributed by atoms with van der Waals surface area (Å²) in [5, 5.41) is 3.38. The van der Waals surface area contributed by atoms with Crippen molar-refractivity contribution >= 4 is 0 Å². The SMILES string of the molecule is CC(C)COc1cccc(CNC2CCC(F)(F)CC2)c1. The molecule has 1 aliphatic carbocycles. The molecule has 21 heavy (non-hydrogen) atoms. The first-order valence-electron chi connectivity index (χ1n) is 7.77. The second-order valence-corrected chi connectivity index (χ2v) is 6.36. The molecule has 0 heterocycles. The van der Waals surface area contributed by atoms with Crippen LogP contribution < -0.4 is 10.1 Å². The molecule has 1 N–H and O–H groups in total. The maximum Gasteiger partial charge on any atom is 0.248 e. The first kappa shape index (κ1) is 16.2. The molecule has 0 aromatic heterocycles. The zero-order valence-electron chi connectivity index (χ0n) is 12.9. The molecule has 1 aromatic rings. The Hall–Kier alpha value is -1.16. The van der Waals surface area contributed by atoms with Gasteiger partial charge >= 0.3 is 0 Å². The molecular weight excluding hydrogens is 272 g/mol. The van der Waals surface area contributed by atoms with Crippen LogP contribution in [-0.4, -0.2) is 18.6 Å². The van der Waals surface area contributed by atoms with Gasteiger partial charge in [0.2, 0.25) is 5.92 Å².